The third kappa shape index (κ3) is 3.40. The number of piperidine rings is 1. The van der Waals surface area contributed by atoms with Crippen molar-refractivity contribution in [2.75, 3.05) is 31.6 Å². The van der Waals surface area contributed by atoms with Crippen LogP contribution in [0.15, 0.2) is 12.3 Å². The molecular weight excluding hydrogens is 342 g/mol. The van der Waals surface area contributed by atoms with E-state index in [9.17, 15) is 9.90 Å². The van der Waals surface area contributed by atoms with Gasteiger partial charge in [-0.3, -0.25) is 4.79 Å². The average Bonchev–Trinajstić information content (AvgIpc) is 2.98. The van der Waals surface area contributed by atoms with Crippen molar-refractivity contribution in [2.45, 2.75) is 64.0 Å². The first-order valence-corrected chi connectivity index (χ1v) is 10.3. The topological polar surface area (TPSA) is 65.9 Å². The first kappa shape index (κ1) is 18.5. The maximum atomic E-state index is 13.4. The molecule has 1 aliphatic carbocycles. The van der Waals surface area contributed by atoms with Crippen molar-refractivity contribution in [3.63, 3.8) is 0 Å². The van der Waals surface area contributed by atoms with Gasteiger partial charge in [-0.25, -0.2) is 4.98 Å². The van der Waals surface area contributed by atoms with Gasteiger partial charge in [0.05, 0.1) is 30.5 Å². The number of likely N-dealkylation sites (tertiary alicyclic amines) is 1. The van der Waals surface area contributed by atoms with Crippen molar-refractivity contribution in [3.05, 3.63) is 17.8 Å². The number of anilines is 1. The highest BCUT2D eigenvalue weighted by Gasteiger charge is 2.50. The second kappa shape index (κ2) is 7.30. The van der Waals surface area contributed by atoms with Crippen molar-refractivity contribution < 1.29 is 14.6 Å². The molecule has 2 aliphatic heterocycles. The van der Waals surface area contributed by atoms with Gasteiger partial charge in [0.25, 0.3) is 0 Å². The molecule has 0 bridgehead atoms. The Kier molecular flexibility index (Phi) is 5.01. The Labute approximate surface area is 161 Å². The third-order valence-electron chi connectivity index (χ3n) is 6.84. The van der Waals surface area contributed by atoms with E-state index < -0.39 is 0 Å². The van der Waals surface area contributed by atoms with Crippen molar-refractivity contribution in [3.8, 4) is 5.88 Å². The van der Waals surface area contributed by atoms with Crippen LogP contribution in [0, 0.1) is 12.3 Å². The number of aryl methyl sites for hydroxylation is 1. The van der Waals surface area contributed by atoms with E-state index in [-0.39, 0.29) is 11.5 Å². The molecule has 1 N–H and O–H groups in total. The summed E-state index contributed by atoms with van der Waals surface area (Å²) in [5, 5.41) is 9.78. The molecule has 4 rings (SSSR count). The first-order valence-electron chi connectivity index (χ1n) is 10.3. The molecule has 1 amide bonds. The van der Waals surface area contributed by atoms with Crippen molar-refractivity contribution in [1.29, 1.82) is 0 Å². The Morgan fingerprint density at radius 1 is 1.22 bits per heavy atom. The van der Waals surface area contributed by atoms with Crippen LogP contribution in [0.2, 0.25) is 0 Å². The molecule has 2 saturated heterocycles. The summed E-state index contributed by atoms with van der Waals surface area (Å²) in [6, 6.07) is 2.28. The zero-order valence-corrected chi connectivity index (χ0v) is 16.5. The van der Waals surface area contributed by atoms with Crippen molar-refractivity contribution >= 4 is 11.6 Å². The lowest BCUT2D eigenvalue weighted by molar-refractivity contribution is -0.139. The van der Waals surface area contributed by atoms with E-state index >= 15 is 0 Å². The molecule has 0 unspecified atom stereocenters. The fourth-order valence-corrected chi connectivity index (χ4v) is 5.25. The van der Waals surface area contributed by atoms with Crippen molar-refractivity contribution in [1.82, 2.24) is 9.88 Å². The van der Waals surface area contributed by atoms with Crippen LogP contribution in [0.4, 0.5) is 5.69 Å². The van der Waals surface area contributed by atoms with Gasteiger partial charge in [-0.1, -0.05) is 0 Å². The summed E-state index contributed by atoms with van der Waals surface area (Å²) < 4.78 is 5.23. The smallest absolute Gasteiger partial charge is 0.230 e. The average molecular weight is 373 g/mol. The normalized spacial score (nSPS) is 31.6. The number of ether oxygens (including phenoxy) is 1. The molecule has 1 aromatic rings. The van der Waals surface area contributed by atoms with Crippen LogP contribution >= 0.6 is 0 Å². The van der Waals surface area contributed by atoms with Gasteiger partial charge in [-0.15, -0.1) is 0 Å². The number of pyridine rings is 1. The number of methoxy groups -OCH3 is 1. The van der Waals surface area contributed by atoms with E-state index in [2.05, 4.69) is 21.7 Å². The van der Waals surface area contributed by atoms with Crippen LogP contribution in [0.25, 0.3) is 0 Å². The highest BCUT2D eigenvalue weighted by Crippen LogP contribution is 2.43. The summed E-state index contributed by atoms with van der Waals surface area (Å²) in [7, 11) is 1.63. The lowest BCUT2D eigenvalue weighted by atomic mass is 9.78. The van der Waals surface area contributed by atoms with Crippen LogP contribution in [0.5, 0.6) is 5.88 Å². The lowest BCUT2D eigenvalue weighted by Crippen LogP contribution is -2.50. The predicted octanol–water partition coefficient (Wildman–Crippen LogP) is 2.52. The van der Waals surface area contributed by atoms with E-state index in [1.807, 2.05) is 12.3 Å². The maximum Gasteiger partial charge on any atom is 0.230 e. The van der Waals surface area contributed by atoms with Crippen LogP contribution in [0.3, 0.4) is 0 Å². The minimum Gasteiger partial charge on any atom is -0.481 e. The van der Waals surface area contributed by atoms with E-state index in [4.69, 9.17) is 4.74 Å². The fourth-order valence-electron chi connectivity index (χ4n) is 5.25. The highest BCUT2D eigenvalue weighted by atomic mass is 16.5. The zero-order valence-electron chi connectivity index (χ0n) is 16.5. The van der Waals surface area contributed by atoms with E-state index in [1.54, 1.807) is 7.11 Å². The number of carbonyl (C=O) groups is 1. The summed E-state index contributed by atoms with van der Waals surface area (Å²) in [4.78, 5) is 22.3. The Morgan fingerprint density at radius 3 is 2.70 bits per heavy atom. The molecule has 148 valence electrons. The molecule has 1 saturated carbocycles. The number of hydrogen-bond donors (Lipinski definition) is 1. The van der Waals surface area contributed by atoms with Crippen LogP contribution in [-0.2, 0) is 4.79 Å². The number of nitrogens with zero attached hydrogens (tertiary/aromatic N) is 3. The Bertz CT molecular complexity index is 702. The minimum absolute atomic E-state index is 0.177. The largest absolute Gasteiger partial charge is 0.481 e. The molecule has 0 aromatic carbocycles. The molecule has 27 heavy (non-hydrogen) atoms. The number of rotatable bonds is 3. The maximum absolute atomic E-state index is 13.4. The predicted molar refractivity (Wildman–Crippen MR) is 104 cm³/mol. The minimum atomic E-state index is -0.249. The number of aliphatic hydroxyl groups is 1. The molecule has 1 atom stereocenters. The van der Waals surface area contributed by atoms with Crippen molar-refractivity contribution in [2.24, 2.45) is 5.41 Å². The SMILES string of the molecule is COc1cc(C)c(N2CCC[C@]3(CCN([C@H]4CC[C@@H](O)CC4)C3=O)C2)cn1. The van der Waals surface area contributed by atoms with Crippen LogP contribution in [0.1, 0.15) is 50.5 Å². The zero-order chi connectivity index (χ0) is 19.0. The number of amides is 1. The Morgan fingerprint density at radius 2 is 2.00 bits per heavy atom. The molecule has 1 aromatic heterocycles. The summed E-state index contributed by atoms with van der Waals surface area (Å²) in [6.45, 7) is 4.70. The second-order valence-electron chi connectivity index (χ2n) is 8.53. The van der Waals surface area contributed by atoms with Gasteiger partial charge in [0, 0.05) is 31.7 Å². The molecular formula is C21H31N3O3. The van der Waals surface area contributed by atoms with Gasteiger partial charge < -0.3 is 19.6 Å². The van der Waals surface area contributed by atoms with Gasteiger partial charge in [-0.05, 0) is 57.4 Å². The molecule has 3 aliphatic rings. The van der Waals surface area contributed by atoms with Gasteiger partial charge >= 0.3 is 0 Å². The lowest BCUT2D eigenvalue weighted by Gasteiger charge is -2.41. The number of hydrogen-bond acceptors (Lipinski definition) is 5. The quantitative estimate of drug-likeness (QED) is 0.882. The third-order valence-corrected chi connectivity index (χ3v) is 6.84. The first-order chi connectivity index (χ1) is 13.0. The Hall–Kier alpha value is -1.82. The standard InChI is InChI=1S/C21H31N3O3/c1-15-12-19(27-2)22-13-18(15)23-10-3-8-21(14-23)9-11-24(20(21)26)16-4-6-17(25)7-5-16/h12-13,16-17,25H,3-11,14H2,1-2H3/t16-,17+,21-/m0/s1. The molecule has 0 radical (unpaired) electrons. The summed E-state index contributed by atoms with van der Waals surface area (Å²) >= 11 is 0. The molecule has 3 heterocycles. The van der Waals surface area contributed by atoms with Gasteiger partial charge in [0.15, 0.2) is 0 Å². The number of carbonyl (C=O) groups excluding carboxylic acids is 1. The summed E-state index contributed by atoms with van der Waals surface area (Å²) in [5.41, 5.74) is 2.00. The van der Waals surface area contributed by atoms with E-state index in [1.165, 1.54) is 0 Å². The Balaban J connectivity index is 1.50. The fraction of sp³-hybridized carbons (Fsp3) is 0.714. The monoisotopic (exact) mass is 373 g/mol. The van der Waals surface area contributed by atoms with Crippen LogP contribution < -0.4 is 9.64 Å². The molecule has 6 nitrogen and oxygen atoms in total. The molecule has 1 spiro atoms. The van der Waals surface area contributed by atoms with Crippen LogP contribution in [-0.4, -0.2) is 59.8 Å². The molecule has 3 fully saturated rings. The number of aromatic nitrogens is 1. The van der Waals surface area contributed by atoms with Gasteiger partial charge in [0.1, 0.15) is 0 Å². The summed E-state index contributed by atoms with van der Waals surface area (Å²) in [5.74, 6) is 0.971. The second-order valence-corrected chi connectivity index (χ2v) is 8.53. The van der Waals surface area contributed by atoms with Gasteiger partial charge in [0.2, 0.25) is 11.8 Å². The highest BCUT2D eigenvalue weighted by molar-refractivity contribution is 5.86. The summed E-state index contributed by atoms with van der Waals surface area (Å²) in [6.07, 6.45) is 8.20. The number of aliphatic hydroxyl groups excluding tert-OH is 1. The van der Waals surface area contributed by atoms with E-state index in [0.717, 1.165) is 75.8 Å². The molecule has 6 heteroatoms. The van der Waals surface area contributed by atoms with Gasteiger partial charge in [-0.2, -0.15) is 0 Å². The van der Waals surface area contributed by atoms with E-state index in [0.29, 0.717) is 17.8 Å².